The van der Waals surface area contributed by atoms with Crippen molar-refractivity contribution >= 4 is 11.0 Å². The van der Waals surface area contributed by atoms with Crippen LogP contribution in [-0.2, 0) is 0 Å². The second-order valence-electron chi connectivity index (χ2n) is 9.59. The van der Waals surface area contributed by atoms with Crippen LogP contribution < -0.4 is 19.8 Å². The first kappa shape index (κ1) is 27.3. The van der Waals surface area contributed by atoms with Crippen LogP contribution in [0.5, 0.6) is 17.2 Å². The van der Waals surface area contributed by atoms with E-state index in [1.54, 1.807) is 6.07 Å². The molecule has 0 spiro atoms. The Morgan fingerprint density at radius 1 is 1.00 bits per heavy atom. The summed E-state index contributed by atoms with van der Waals surface area (Å²) in [6, 6.07) is 5.52. The van der Waals surface area contributed by atoms with Crippen molar-refractivity contribution in [1.82, 2.24) is 0 Å². The van der Waals surface area contributed by atoms with E-state index in [1.807, 2.05) is 39.0 Å². The molecule has 34 heavy (non-hydrogen) atoms. The Morgan fingerprint density at radius 3 is 2.44 bits per heavy atom. The SMILES string of the molecule is CC/C=C/CCOc1c(OC/C=C(\C)CCC=C(C)C)c(=O)oc2c(OC(C)(C)C)cccc12. The van der Waals surface area contributed by atoms with Crippen molar-refractivity contribution in [2.75, 3.05) is 13.2 Å². The fourth-order valence-electron chi connectivity index (χ4n) is 3.30. The van der Waals surface area contributed by atoms with Crippen molar-refractivity contribution in [3.05, 3.63) is 64.1 Å². The van der Waals surface area contributed by atoms with Crippen molar-refractivity contribution < 1.29 is 18.6 Å². The number of hydrogen-bond donors (Lipinski definition) is 0. The molecule has 5 heteroatoms. The summed E-state index contributed by atoms with van der Waals surface area (Å²) in [6.45, 7) is 14.9. The minimum atomic E-state index is -0.577. The van der Waals surface area contributed by atoms with E-state index in [0.29, 0.717) is 29.1 Å². The third-order valence-corrected chi connectivity index (χ3v) is 4.91. The Bertz CT molecular complexity index is 1080. The zero-order valence-corrected chi connectivity index (χ0v) is 21.8. The molecule has 0 aliphatic rings. The molecule has 0 N–H and O–H groups in total. The lowest BCUT2D eigenvalue weighted by atomic mass is 10.1. The number of rotatable bonds is 12. The first-order valence-electron chi connectivity index (χ1n) is 12.1. The summed E-state index contributed by atoms with van der Waals surface area (Å²) in [5, 5.41) is 0.653. The van der Waals surface area contributed by atoms with Crippen molar-refractivity contribution in [3.8, 4) is 17.2 Å². The molecule has 0 radical (unpaired) electrons. The van der Waals surface area contributed by atoms with Crippen LogP contribution in [0, 0.1) is 0 Å². The molecule has 0 atom stereocenters. The lowest BCUT2D eigenvalue weighted by molar-refractivity contribution is 0.131. The third kappa shape index (κ3) is 8.77. The van der Waals surface area contributed by atoms with Gasteiger partial charge in [-0.2, -0.15) is 0 Å². The number of fused-ring (bicyclic) bond motifs is 1. The number of ether oxygens (including phenoxy) is 3. The zero-order chi connectivity index (χ0) is 25.1. The molecule has 0 saturated carbocycles. The van der Waals surface area contributed by atoms with Crippen molar-refractivity contribution in [2.45, 2.75) is 79.8 Å². The summed E-state index contributed by atoms with van der Waals surface area (Å²) in [5.74, 6) is 0.985. The van der Waals surface area contributed by atoms with Gasteiger partial charge in [-0.3, -0.25) is 0 Å². The van der Waals surface area contributed by atoms with Gasteiger partial charge in [0.2, 0.25) is 5.75 Å². The predicted octanol–water partition coefficient (Wildman–Crippen LogP) is 7.78. The van der Waals surface area contributed by atoms with Crippen LogP contribution in [0.4, 0.5) is 0 Å². The van der Waals surface area contributed by atoms with Crippen LogP contribution in [0.3, 0.4) is 0 Å². The molecular formula is C29H40O5. The normalized spacial score (nSPS) is 12.3. The maximum atomic E-state index is 13.0. The fraction of sp³-hybridized carbons (Fsp3) is 0.483. The van der Waals surface area contributed by atoms with Crippen molar-refractivity contribution in [3.63, 3.8) is 0 Å². The molecule has 0 aliphatic carbocycles. The Labute approximate surface area is 204 Å². The summed E-state index contributed by atoms with van der Waals surface area (Å²) >= 11 is 0. The highest BCUT2D eigenvalue weighted by Gasteiger charge is 2.22. The van der Waals surface area contributed by atoms with Crippen LogP contribution >= 0.6 is 0 Å². The number of para-hydroxylation sites is 1. The summed E-state index contributed by atoms with van der Waals surface area (Å²) in [4.78, 5) is 13.0. The molecule has 0 amide bonds. The fourth-order valence-corrected chi connectivity index (χ4v) is 3.30. The van der Waals surface area contributed by atoms with E-state index < -0.39 is 11.2 Å². The molecule has 0 saturated heterocycles. The highest BCUT2D eigenvalue weighted by atomic mass is 16.5. The second kappa shape index (κ2) is 13.1. The molecule has 0 bridgehead atoms. The Morgan fingerprint density at radius 2 is 1.76 bits per heavy atom. The lowest BCUT2D eigenvalue weighted by Gasteiger charge is -2.22. The van der Waals surface area contributed by atoms with Crippen LogP contribution in [-0.4, -0.2) is 18.8 Å². The van der Waals surface area contributed by atoms with E-state index in [2.05, 4.69) is 45.9 Å². The van der Waals surface area contributed by atoms with E-state index >= 15 is 0 Å². The van der Waals surface area contributed by atoms with Gasteiger partial charge in [0.05, 0.1) is 12.0 Å². The highest BCUT2D eigenvalue weighted by Crippen LogP contribution is 2.38. The van der Waals surface area contributed by atoms with Gasteiger partial charge in [0.15, 0.2) is 17.1 Å². The first-order valence-corrected chi connectivity index (χ1v) is 12.1. The van der Waals surface area contributed by atoms with Gasteiger partial charge in [-0.15, -0.1) is 0 Å². The molecule has 5 nitrogen and oxygen atoms in total. The van der Waals surface area contributed by atoms with Gasteiger partial charge in [-0.25, -0.2) is 4.79 Å². The highest BCUT2D eigenvalue weighted by molar-refractivity contribution is 5.90. The molecule has 2 aromatic rings. The summed E-state index contributed by atoms with van der Waals surface area (Å²) in [6.07, 6.45) is 12.0. The Hall–Kier alpha value is -2.95. The quantitative estimate of drug-likeness (QED) is 0.181. The first-order chi connectivity index (χ1) is 16.1. The molecular weight excluding hydrogens is 428 g/mol. The molecule has 2 rings (SSSR count). The molecule has 186 valence electrons. The number of benzene rings is 1. The zero-order valence-electron chi connectivity index (χ0n) is 21.8. The summed E-state index contributed by atoms with van der Waals surface area (Å²) in [7, 11) is 0. The van der Waals surface area contributed by atoms with Crippen molar-refractivity contribution in [2.24, 2.45) is 0 Å². The molecule has 1 heterocycles. The third-order valence-electron chi connectivity index (χ3n) is 4.91. The molecule has 0 unspecified atom stereocenters. The van der Waals surface area contributed by atoms with Gasteiger partial charge in [-0.05, 0) is 85.4 Å². The average Bonchev–Trinajstić information content (AvgIpc) is 2.74. The Kier molecular flexibility index (Phi) is 10.5. The maximum Gasteiger partial charge on any atom is 0.383 e. The molecule has 0 aliphatic heterocycles. The summed E-state index contributed by atoms with van der Waals surface area (Å²) < 4.78 is 23.7. The summed E-state index contributed by atoms with van der Waals surface area (Å²) in [5.41, 5.74) is 1.86. The van der Waals surface area contributed by atoms with E-state index in [9.17, 15) is 4.79 Å². The van der Waals surface area contributed by atoms with E-state index in [1.165, 1.54) is 11.1 Å². The van der Waals surface area contributed by atoms with Crippen LogP contribution in [0.15, 0.2) is 62.9 Å². The van der Waals surface area contributed by atoms with E-state index in [-0.39, 0.29) is 12.4 Å². The number of hydrogen-bond acceptors (Lipinski definition) is 5. The van der Waals surface area contributed by atoms with Crippen LogP contribution in [0.25, 0.3) is 11.0 Å². The van der Waals surface area contributed by atoms with Crippen LogP contribution in [0.1, 0.15) is 74.1 Å². The van der Waals surface area contributed by atoms with Gasteiger partial charge < -0.3 is 18.6 Å². The second-order valence-corrected chi connectivity index (χ2v) is 9.59. The van der Waals surface area contributed by atoms with Gasteiger partial charge in [0, 0.05) is 0 Å². The van der Waals surface area contributed by atoms with E-state index in [0.717, 1.165) is 25.7 Å². The van der Waals surface area contributed by atoms with Gasteiger partial charge >= 0.3 is 5.63 Å². The van der Waals surface area contributed by atoms with Gasteiger partial charge in [0.1, 0.15) is 12.2 Å². The minimum absolute atomic E-state index is 0.0910. The van der Waals surface area contributed by atoms with Crippen LogP contribution in [0.2, 0.25) is 0 Å². The largest absolute Gasteiger partial charge is 0.488 e. The standard InChI is InChI=1S/C29H40O5/c1-8-9-10-11-19-31-26-23-16-13-17-24(34-29(5,6)7)25(23)33-28(30)27(26)32-20-18-22(4)15-12-14-21(2)3/h9-10,13-14,16-18H,8,11-12,15,19-20H2,1-7H3/b10-9+,22-18+. The lowest BCUT2D eigenvalue weighted by Crippen LogP contribution is -2.23. The minimum Gasteiger partial charge on any atom is -0.488 e. The smallest absolute Gasteiger partial charge is 0.383 e. The maximum absolute atomic E-state index is 13.0. The predicted molar refractivity (Wildman–Crippen MR) is 140 cm³/mol. The molecule has 1 aromatic carbocycles. The van der Waals surface area contributed by atoms with Crippen molar-refractivity contribution in [1.29, 1.82) is 0 Å². The molecule has 0 fully saturated rings. The number of allylic oxidation sites excluding steroid dienone is 4. The van der Waals surface area contributed by atoms with E-state index in [4.69, 9.17) is 18.6 Å². The molecule has 1 aromatic heterocycles. The van der Waals surface area contributed by atoms with Gasteiger partial charge in [-0.1, -0.05) is 42.4 Å². The topological polar surface area (TPSA) is 57.9 Å². The monoisotopic (exact) mass is 468 g/mol. The Balaban J connectivity index is 2.37. The van der Waals surface area contributed by atoms with Gasteiger partial charge in [0.25, 0.3) is 0 Å². The average molecular weight is 469 g/mol.